The average Bonchev–Trinajstić information content (AvgIpc) is 3.33. The van der Waals surface area contributed by atoms with Gasteiger partial charge in [0.05, 0.1) is 5.39 Å². The molecule has 7 heteroatoms. The van der Waals surface area contributed by atoms with Crippen molar-refractivity contribution in [1.82, 2.24) is 24.7 Å². The smallest absolute Gasteiger partial charge is 0.224 e. The monoisotopic (exact) mass is 375 g/mol. The Labute approximate surface area is 163 Å². The summed E-state index contributed by atoms with van der Waals surface area (Å²) in [7, 11) is 1.84. The first-order chi connectivity index (χ1) is 13.7. The zero-order valence-corrected chi connectivity index (χ0v) is 16.0. The number of aromatic nitrogens is 5. The van der Waals surface area contributed by atoms with Crippen LogP contribution < -0.4 is 11.1 Å². The lowest BCUT2D eigenvalue weighted by Crippen LogP contribution is -2.28. The van der Waals surface area contributed by atoms with Crippen molar-refractivity contribution in [2.75, 3.05) is 12.4 Å². The van der Waals surface area contributed by atoms with Gasteiger partial charge in [0.2, 0.25) is 5.95 Å². The molecule has 1 aliphatic carbocycles. The maximum atomic E-state index is 6.08. The number of aromatic amines is 1. The molecule has 0 spiro atoms. The van der Waals surface area contributed by atoms with Gasteiger partial charge in [0.15, 0.2) is 5.65 Å². The fourth-order valence-corrected chi connectivity index (χ4v) is 4.23. The van der Waals surface area contributed by atoms with E-state index < -0.39 is 0 Å². The number of hydrogen-bond acceptors (Lipinski definition) is 5. The number of fused-ring (bicyclic) bond motifs is 2. The molecule has 28 heavy (non-hydrogen) atoms. The second kappa shape index (κ2) is 6.91. The van der Waals surface area contributed by atoms with Gasteiger partial charge < -0.3 is 16.0 Å². The van der Waals surface area contributed by atoms with Crippen LogP contribution in [0.25, 0.3) is 33.2 Å². The van der Waals surface area contributed by atoms with E-state index in [1.165, 1.54) is 5.39 Å². The summed E-state index contributed by atoms with van der Waals surface area (Å²) in [5, 5.41) is 10.2. The fourth-order valence-electron chi connectivity index (χ4n) is 4.23. The van der Waals surface area contributed by atoms with E-state index in [2.05, 4.69) is 44.2 Å². The van der Waals surface area contributed by atoms with E-state index in [0.717, 1.165) is 60.0 Å². The number of nitrogens with one attached hydrogen (secondary N) is 2. The molecule has 7 nitrogen and oxygen atoms in total. The van der Waals surface area contributed by atoms with Crippen molar-refractivity contribution in [1.29, 1.82) is 0 Å². The maximum absolute atomic E-state index is 6.08. The molecule has 5 rings (SSSR count). The van der Waals surface area contributed by atoms with Crippen molar-refractivity contribution in [3.63, 3.8) is 0 Å². The third-order valence-corrected chi connectivity index (χ3v) is 5.86. The molecule has 4 N–H and O–H groups in total. The number of nitrogens with zero attached hydrogens (tertiary/aromatic N) is 4. The Bertz CT molecular complexity index is 1120. The summed E-state index contributed by atoms with van der Waals surface area (Å²) in [6.45, 7) is 0.869. The van der Waals surface area contributed by atoms with Crippen molar-refractivity contribution in [2.45, 2.75) is 38.3 Å². The Kier molecular flexibility index (Phi) is 4.24. The zero-order valence-electron chi connectivity index (χ0n) is 16.0. The van der Waals surface area contributed by atoms with Gasteiger partial charge in [0.25, 0.3) is 0 Å². The van der Waals surface area contributed by atoms with E-state index in [1.807, 2.05) is 19.4 Å². The molecular formula is C21H25N7. The standard InChI is InChI=1S/C21H25N7/c1-23-21-25-11-17-19(15-5-4-14-8-9-24-18(14)10-15)27-28(20(17)26-21)12-13-2-6-16(22)7-3-13/h4-5,8-11,13,16,24H,2-3,6-7,12,22H2,1H3,(H,23,25,26). The minimum atomic E-state index is 0.354. The highest BCUT2D eigenvalue weighted by atomic mass is 15.3. The Hall–Kier alpha value is -2.93. The van der Waals surface area contributed by atoms with Gasteiger partial charge in [-0.05, 0) is 49.1 Å². The van der Waals surface area contributed by atoms with Crippen LogP contribution in [0.3, 0.4) is 0 Å². The highest BCUT2D eigenvalue weighted by molar-refractivity contribution is 5.94. The number of anilines is 1. The van der Waals surface area contributed by atoms with Crippen LogP contribution in [0.4, 0.5) is 5.95 Å². The van der Waals surface area contributed by atoms with Crippen LogP contribution in [-0.4, -0.2) is 37.8 Å². The molecule has 0 radical (unpaired) electrons. The van der Waals surface area contributed by atoms with Crippen LogP contribution in [-0.2, 0) is 6.54 Å². The lowest BCUT2D eigenvalue weighted by molar-refractivity contribution is 0.288. The number of nitrogens with two attached hydrogens (primary N) is 1. The molecule has 0 aliphatic heterocycles. The second-order valence-corrected chi connectivity index (χ2v) is 7.77. The number of rotatable bonds is 4. The van der Waals surface area contributed by atoms with Crippen molar-refractivity contribution in [3.8, 4) is 11.3 Å². The van der Waals surface area contributed by atoms with Gasteiger partial charge in [0, 0.05) is 43.1 Å². The lowest BCUT2D eigenvalue weighted by Gasteiger charge is -2.25. The highest BCUT2D eigenvalue weighted by Crippen LogP contribution is 2.31. The molecule has 4 aromatic rings. The number of H-pyrrole nitrogens is 1. The predicted molar refractivity (Wildman–Crippen MR) is 112 cm³/mol. The number of hydrogen-bond donors (Lipinski definition) is 3. The van der Waals surface area contributed by atoms with Gasteiger partial charge in [-0.1, -0.05) is 12.1 Å². The van der Waals surface area contributed by atoms with Gasteiger partial charge in [0.1, 0.15) is 5.69 Å². The van der Waals surface area contributed by atoms with E-state index in [4.69, 9.17) is 15.8 Å². The molecular weight excluding hydrogens is 350 g/mol. The third-order valence-electron chi connectivity index (χ3n) is 5.86. The summed E-state index contributed by atoms with van der Waals surface area (Å²) in [5.74, 6) is 1.21. The van der Waals surface area contributed by atoms with Crippen molar-refractivity contribution < 1.29 is 0 Å². The first kappa shape index (κ1) is 17.2. The second-order valence-electron chi connectivity index (χ2n) is 7.77. The summed E-state index contributed by atoms with van der Waals surface area (Å²) >= 11 is 0. The molecule has 3 aromatic heterocycles. The summed E-state index contributed by atoms with van der Waals surface area (Å²) in [5.41, 5.74) is 10.1. The molecule has 1 saturated carbocycles. The van der Waals surface area contributed by atoms with Crippen molar-refractivity contribution >= 4 is 27.9 Å². The Morgan fingerprint density at radius 3 is 2.89 bits per heavy atom. The predicted octanol–water partition coefficient (Wildman–Crippen LogP) is 3.53. The van der Waals surface area contributed by atoms with Gasteiger partial charge in [-0.15, -0.1) is 0 Å². The summed E-state index contributed by atoms with van der Waals surface area (Å²) in [6, 6.07) is 8.82. The van der Waals surface area contributed by atoms with Crippen molar-refractivity contribution in [2.24, 2.45) is 11.7 Å². The summed E-state index contributed by atoms with van der Waals surface area (Å²) in [6.07, 6.45) is 8.32. The third kappa shape index (κ3) is 3.01. The van der Waals surface area contributed by atoms with Crippen LogP contribution >= 0.6 is 0 Å². The van der Waals surface area contributed by atoms with Crippen LogP contribution in [0.1, 0.15) is 25.7 Å². The van der Waals surface area contributed by atoms with Gasteiger partial charge in [-0.3, -0.25) is 0 Å². The summed E-state index contributed by atoms with van der Waals surface area (Å²) < 4.78 is 2.06. The SMILES string of the molecule is CNc1ncc2c(-c3ccc4cc[nH]c4c3)nn(CC3CCC(N)CC3)c2n1. The zero-order chi connectivity index (χ0) is 19.1. The molecule has 0 saturated heterocycles. The molecule has 0 atom stereocenters. The molecule has 1 aliphatic rings. The molecule has 0 amide bonds. The first-order valence-electron chi connectivity index (χ1n) is 9.95. The van der Waals surface area contributed by atoms with E-state index in [9.17, 15) is 0 Å². The average molecular weight is 375 g/mol. The summed E-state index contributed by atoms with van der Waals surface area (Å²) in [4.78, 5) is 12.4. The Morgan fingerprint density at radius 2 is 2.07 bits per heavy atom. The van der Waals surface area contributed by atoms with Crippen LogP contribution in [0.2, 0.25) is 0 Å². The molecule has 1 aromatic carbocycles. The molecule has 1 fully saturated rings. The van der Waals surface area contributed by atoms with E-state index in [1.54, 1.807) is 0 Å². The quantitative estimate of drug-likeness (QED) is 0.507. The Morgan fingerprint density at radius 1 is 1.21 bits per heavy atom. The Balaban J connectivity index is 1.58. The normalized spacial score (nSPS) is 20.1. The van der Waals surface area contributed by atoms with Gasteiger partial charge >= 0.3 is 0 Å². The molecule has 0 unspecified atom stereocenters. The topological polar surface area (TPSA) is 97.4 Å². The highest BCUT2D eigenvalue weighted by Gasteiger charge is 2.22. The van der Waals surface area contributed by atoms with Gasteiger partial charge in [-0.25, -0.2) is 9.67 Å². The molecule has 3 heterocycles. The maximum Gasteiger partial charge on any atom is 0.224 e. The van der Waals surface area contributed by atoms with E-state index in [-0.39, 0.29) is 0 Å². The first-order valence-corrected chi connectivity index (χ1v) is 9.95. The van der Waals surface area contributed by atoms with E-state index >= 15 is 0 Å². The number of benzene rings is 1. The van der Waals surface area contributed by atoms with Crippen LogP contribution in [0.15, 0.2) is 36.7 Å². The molecule has 0 bridgehead atoms. The minimum absolute atomic E-state index is 0.354. The van der Waals surface area contributed by atoms with Crippen LogP contribution in [0, 0.1) is 5.92 Å². The lowest BCUT2D eigenvalue weighted by atomic mass is 9.86. The van der Waals surface area contributed by atoms with Crippen molar-refractivity contribution in [3.05, 3.63) is 36.7 Å². The van der Waals surface area contributed by atoms with Gasteiger partial charge in [-0.2, -0.15) is 10.1 Å². The van der Waals surface area contributed by atoms with Crippen LogP contribution in [0.5, 0.6) is 0 Å². The van der Waals surface area contributed by atoms with E-state index in [0.29, 0.717) is 17.9 Å². The fraction of sp³-hybridized carbons (Fsp3) is 0.381. The molecule has 144 valence electrons. The minimum Gasteiger partial charge on any atom is -0.361 e. The largest absolute Gasteiger partial charge is 0.361 e.